The molecule has 17 heavy (non-hydrogen) atoms. The maximum Gasteiger partial charge on any atom is 0.327 e. The third-order valence-electron chi connectivity index (χ3n) is 1.93. The van der Waals surface area contributed by atoms with Gasteiger partial charge in [-0.25, -0.2) is 4.79 Å². The number of hydrogen-bond acceptors (Lipinski definition) is 5. The highest BCUT2D eigenvalue weighted by Crippen LogP contribution is 2.18. The highest BCUT2D eigenvalue weighted by molar-refractivity contribution is 5.78. The summed E-state index contributed by atoms with van der Waals surface area (Å²) < 4.78 is 0. The molecule has 0 rings (SSSR count). The van der Waals surface area contributed by atoms with Crippen LogP contribution in [-0.2, 0) is 4.79 Å². The standard InChI is InChI=1S/C6H14O3.C3H4O2.C2H4O/c1-2-6(3-7,4-8)5-9;1-2-3(4)5;1-2-3/h7-9H,2-5H2,1H3;2H,1H2,(H,4,5);2-3H,1H2. The van der Waals surface area contributed by atoms with Gasteiger partial charge in [0.15, 0.2) is 0 Å². The van der Waals surface area contributed by atoms with Crippen LogP contribution in [0.3, 0.4) is 0 Å². The van der Waals surface area contributed by atoms with Gasteiger partial charge in [0, 0.05) is 11.5 Å². The molecule has 5 N–H and O–H groups in total. The second kappa shape index (κ2) is 14.6. The summed E-state index contributed by atoms with van der Waals surface area (Å²) in [5, 5.41) is 40.9. The molecule has 0 spiro atoms. The first-order valence-corrected chi connectivity index (χ1v) is 4.86. The topological polar surface area (TPSA) is 118 Å². The average Bonchev–Trinajstić information content (AvgIpc) is 2.34. The van der Waals surface area contributed by atoms with E-state index in [0.29, 0.717) is 6.42 Å². The molecule has 0 fully saturated rings. The quantitative estimate of drug-likeness (QED) is 0.354. The van der Waals surface area contributed by atoms with E-state index in [1.165, 1.54) is 0 Å². The molecule has 0 saturated carbocycles. The summed E-state index contributed by atoms with van der Waals surface area (Å²) in [6, 6.07) is 0. The molecule has 0 aliphatic heterocycles. The van der Waals surface area contributed by atoms with Crippen LogP contribution in [0, 0.1) is 5.41 Å². The van der Waals surface area contributed by atoms with Crippen molar-refractivity contribution in [2.24, 2.45) is 5.41 Å². The van der Waals surface area contributed by atoms with Gasteiger partial charge in [-0.15, -0.1) is 0 Å². The van der Waals surface area contributed by atoms with Crippen LogP contribution in [0.25, 0.3) is 0 Å². The molecular weight excluding hydrogens is 228 g/mol. The molecule has 0 radical (unpaired) electrons. The molecule has 0 bridgehead atoms. The number of aliphatic hydroxyl groups excluding tert-OH is 4. The maximum absolute atomic E-state index is 9.25. The van der Waals surface area contributed by atoms with Crippen LogP contribution in [0.1, 0.15) is 13.3 Å². The van der Waals surface area contributed by atoms with E-state index in [4.69, 9.17) is 25.5 Å². The molecule has 0 aromatic heterocycles. The molecule has 0 aliphatic carbocycles. The molecule has 0 aromatic rings. The third-order valence-corrected chi connectivity index (χ3v) is 1.93. The van der Waals surface area contributed by atoms with Gasteiger partial charge in [-0.2, -0.15) is 0 Å². The van der Waals surface area contributed by atoms with Gasteiger partial charge in [-0.1, -0.05) is 20.1 Å². The van der Waals surface area contributed by atoms with Crippen LogP contribution in [0.15, 0.2) is 25.5 Å². The Morgan fingerprint density at radius 2 is 1.41 bits per heavy atom. The summed E-state index contributed by atoms with van der Waals surface area (Å²) in [5.41, 5.74) is -0.667. The molecule has 0 heterocycles. The van der Waals surface area contributed by atoms with Crippen molar-refractivity contribution in [2.45, 2.75) is 13.3 Å². The summed E-state index contributed by atoms with van der Waals surface area (Å²) in [4.78, 5) is 9.25. The Kier molecular flexibility index (Phi) is 18.0. The van der Waals surface area contributed by atoms with E-state index in [9.17, 15) is 4.79 Å². The number of carboxylic acids is 1. The predicted molar refractivity (Wildman–Crippen MR) is 64.6 cm³/mol. The van der Waals surface area contributed by atoms with Crippen LogP contribution < -0.4 is 0 Å². The number of carboxylic acid groups (broad SMARTS) is 1. The van der Waals surface area contributed by atoms with Gasteiger partial charge in [-0.05, 0) is 6.42 Å². The minimum Gasteiger partial charge on any atom is -0.516 e. The van der Waals surface area contributed by atoms with Gasteiger partial charge >= 0.3 is 5.97 Å². The Morgan fingerprint density at radius 1 is 1.18 bits per heavy atom. The lowest BCUT2D eigenvalue weighted by atomic mass is 9.88. The van der Waals surface area contributed by atoms with Crippen LogP contribution >= 0.6 is 0 Å². The SMILES string of the molecule is C=CC(=O)O.C=CO.CCC(CO)(CO)CO. The predicted octanol–water partition coefficient (Wildman–Crippen LogP) is 0.305. The summed E-state index contributed by atoms with van der Waals surface area (Å²) in [5.74, 6) is -0.981. The van der Waals surface area contributed by atoms with Crippen LogP contribution in [0.5, 0.6) is 0 Å². The van der Waals surface area contributed by atoms with Crippen molar-refractivity contribution in [3.05, 3.63) is 25.5 Å². The van der Waals surface area contributed by atoms with Gasteiger partial charge in [0.25, 0.3) is 0 Å². The van der Waals surface area contributed by atoms with Gasteiger partial charge in [0.05, 0.1) is 26.1 Å². The zero-order valence-corrected chi connectivity index (χ0v) is 10.0. The Hall–Kier alpha value is -1.37. The monoisotopic (exact) mass is 250 g/mol. The summed E-state index contributed by atoms with van der Waals surface area (Å²) in [7, 11) is 0. The Bertz CT molecular complexity index is 181. The summed E-state index contributed by atoms with van der Waals surface area (Å²) >= 11 is 0. The molecule has 0 unspecified atom stereocenters. The number of aliphatic hydroxyl groups is 4. The van der Waals surface area contributed by atoms with Gasteiger partial charge < -0.3 is 25.5 Å². The van der Waals surface area contributed by atoms with E-state index < -0.39 is 11.4 Å². The van der Waals surface area contributed by atoms with E-state index in [1.54, 1.807) is 0 Å². The zero-order valence-electron chi connectivity index (χ0n) is 10.0. The van der Waals surface area contributed by atoms with Gasteiger partial charge in [0.1, 0.15) is 0 Å². The highest BCUT2D eigenvalue weighted by atomic mass is 16.4. The second-order valence-corrected chi connectivity index (χ2v) is 3.05. The van der Waals surface area contributed by atoms with Gasteiger partial charge in [-0.3, -0.25) is 0 Å². The third kappa shape index (κ3) is 14.6. The molecule has 0 saturated heterocycles. The van der Waals surface area contributed by atoms with E-state index in [2.05, 4.69) is 13.2 Å². The fourth-order valence-electron chi connectivity index (χ4n) is 0.485. The van der Waals surface area contributed by atoms with Crippen molar-refractivity contribution in [1.29, 1.82) is 0 Å². The summed E-state index contributed by atoms with van der Waals surface area (Å²) in [6.45, 7) is 7.23. The smallest absolute Gasteiger partial charge is 0.327 e. The largest absolute Gasteiger partial charge is 0.516 e. The second-order valence-electron chi connectivity index (χ2n) is 3.05. The molecule has 102 valence electrons. The number of rotatable bonds is 5. The normalized spacial score (nSPS) is 8.94. The van der Waals surface area contributed by atoms with Crippen molar-refractivity contribution < 1.29 is 30.3 Å². The molecule has 0 aliphatic rings. The molecule has 6 nitrogen and oxygen atoms in total. The van der Waals surface area contributed by atoms with Crippen LogP contribution in [0.4, 0.5) is 0 Å². The number of carbonyl (C=O) groups is 1. The fraction of sp³-hybridized carbons (Fsp3) is 0.545. The van der Waals surface area contributed by atoms with Crippen molar-refractivity contribution >= 4 is 5.97 Å². The molecular formula is C11H22O6. The average molecular weight is 250 g/mol. The first-order chi connectivity index (χ1) is 7.93. The maximum atomic E-state index is 9.25. The minimum absolute atomic E-state index is 0.156. The van der Waals surface area contributed by atoms with Gasteiger partial charge in [0.2, 0.25) is 0 Å². The van der Waals surface area contributed by atoms with Crippen molar-refractivity contribution in [3.8, 4) is 0 Å². The lowest BCUT2D eigenvalue weighted by Gasteiger charge is -2.24. The van der Waals surface area contributed by atoms with Crippen LogP contribution in [-0.4, -0.2) is 51.3 Å². The number of hydrogen-bond donors (Lipinski definition) is 5. The Balaban J connectivity index is -0.000000207. The van der Waals surface area contributed by atoms with Crippen molar-refractivity contribution in [2.75, 3.05) is 19.8 Å². The molecule has 0 atom stereocenters. The zero-order chi connectivity index (χ0) is 14.3. The van der Waals surface area contributed by atoms with E-state index in [0.717, 1.165) is 12.3 Å². The van der Waals surface area contributed by atoms with Crippen LogP contribution in [0.2, 0.25) is 0 Å². The lowest BCUT2D eigenvalue weighted by molar-refractivity contribution is -0.131. The number of aliphatic carboxylic acids is 1. The first kappa shape index (κ1) is 21.0. The Labute approximate surface area is 101 Å². The lowest BCUT2D eigenvalue weighted by Crippen LogP contribution is -2.32. The van der Waals surface area contributed by atoms with Crippen molar-refractivity contribution in [3.63, 3.8) is 0 Å². The fourth-order valence-corrected chi connectivity index (χ4v) is 0.485. The summed E-state index contributed by atoms with van der Waals surface area (Å²) in [6.07, 6.45) is 2.18. The molecule has 0 amide bonds. The first-order valence-electron chi connectivity index (χ1n) is 4.86. The molecule has 0 aromatic carbocycles. The molecule has 6 heteroatoms. The minimum atomic E-state index is -0.981. The highest BCUT2D eigenvalue weighted by Gasteiger charge is 2.24. The van der Waals surface area contributed by atoms with E-state index in [1.807, 2.05) is 6.92 Å². The van der Waals surface area contributed by atoms with Crippen molar-refractivity contribution in [1.82, 2.24) is 0 Å². The Morgan fingerprint density at radius 3 is 1.41 bits per heavy atom. The van der Waals surface area contributed by atoms with E-state index in [-0.39, 0.29) is 19.8 Å². The van der Waals surface area contributed by atoms with E-state index >= 15 is 0 Å².